The zero-order valence-corrected chi connectivity index (χ0v) is 18.2. The van der Waals surface area contributed by atoms with Crippen LogP contribution in [0.1, 0.15) is 5.56 Å². The predicted octanol–water partition coefficient (Wildman–Crippen LogP) is 5.10. The molecule has 3 rings (SSSR count). The largest absolute Gasteiger partial charge is 0.322 e. The van der Waals surface area contributed by atoms with Crippen molar-refractivity contribution in [3.05, 3.63) is 94.0 Å². The SMILES string of the molecule is O=C(CN(Cc1ccc(Cl)cc1)S(=O)(=O)c1ccc(Cl)cc1)Nc1cc(F)ccc1F. The smallest absolute Gasteiger partial charge is 0.243 e. The second-order valence-corrected chi connectivity index (χ2v) is 9.34. The van der Waals surface area contributed by atoms with Crippen molar-refractivity contribution in [3.8, 4) is 0 Å². The third-order valence-corrected chi connectivity index (χ3v) is 6.56. The van der Waals surface area contributed by atoms with Gasteiger partial charge in [0.1, 0.15) is 11.6 Å². The lowest BCUT2D eigenvalue weighted by atomic mass is 10.2. The summed E-state index contributed by atoms with van der Waals surface area (Å²) in [7, 11) is -4.12. The molecule has 1 amide bonds. The number of anilines is 1. The Balaban J connectivity index is 1.89. The Morgan fingerprint density at radius 1 is 0.903 bits per heavy atom. The number of sulfonamides is 1. The van der Waals surface area contributed by atoms with E-state index in [1.807, 2.05) is 0 Å². The highest BCUT2D eigenvalue weighted by atomic mass is 35.5. The molecule has 3 aromatic rings. The van der Waals surface area contributed by atoms with Crippen LogP contribution in [0.25, 0.3) is 0 Å². The van der Waals surface area contributed by atoms with Gasteiger partial charge >= 0.3 is 0 Å². The maximum absolute atomic E-state index is 13.9. The fourth-order valence-electron chi connectivity index (χ4n) is 2.72. The molecule has 0 aromatic heterocycles. The molecule has 0 unspecified atom stereocenters. The number of carbonyl (C=O) groups is 1. The van der Waals surface area contributed by atoms with E-state index in [-0.39, 0.29) is 17.1 Å². The summed E-state index contributed by atoms with van der Waals surface area (Å²) in [5, 5.41) is 3.02. The van der Waals surface area contributed by atoms with Gasteiger partial charge in [0.05, 0.1) is 17.1 Å². The van der Waals surface area contributed by atoms with Crippen molar-refractivity contribution in [2.24, 2.45) is 0 Å². The summed E-state index contributed by atoms with van der Waals surface area (Å²) < 4.78 is 54.5. The van der Waals surface area contributed by atoms with Gasteiger partial charge in [0.15, 0.2) is 0 Å². The van der Waals surface area contributed by atoms with Gasteiger partial charge in [-0.3, -0.25) is 4.79 Å². The fourth-order valence-corrected chi connectivity index (χ4v) is 4.35. The Labute approximate surface area is 188 Å². The van der Waals surface area contributed by atoms with Crippen LogP contribution >= 0.6 is 23.2 Å². The van der Waals surface area contributed by atoms with E-state index in [1.165, 1.54) is 24.3 Å². The molecule has 0 aliphatic rings. The third kappa shape index (κ3) is 6.01. The molecule has 3 aromatic carbocycles. The molecule has 0 atom stereocenters. The molecular formula is C21H16Cl2F2N2O3S. The van der Waals surface area contributed by atoms with Crippen molar-refractivity contribution < 1.29 is 22.0 Å². The van der Waals surface area contributed by atoms with Gasteiger partial charge in [0.2, 0.25) is 15.9 Å². The minimum atomic E-state index is -4.12. The van der Waals surface area contributed by atoms with Gasteiger partial charge in [-0.05, 0) is 54.1 Å². The Morgan fingerprint density at radius 2 is 1.48 bits per heavy atom. The van der Waals surface area contributed by atoms with Gasteiger partial charge in [0, 0.05) is 22.7 Å². The van der Waals surface area contributed by atoms with Crippen molar-refractivity contribution in [2.75, 3.05) is 11.9 Å². The molecule has 0 fully saturated rings. The topological polar surface area (TPSA) is 66.5 Å². The second-order valence-electron chi connectivity index (χ2n) is 6.53. The summed E-state index contributed by atoms with van der Waals surface area (Å²) in [6, 6.07) is 14.5. The van der Waals surface area contributed by atoms with Crippen LogP contribution in [0.3, 0.4) is 0 Å². The Bertz CT molecular complexity index is 1190. The van der Waals surface area contributed by atoms with Crippen LogP contribution in [-0.2, 0) is 21.4 Å². The highest BCUT2D eigenvalue weighted by Crippen LogP contribution is 2.22. The molecule has 5 nitrogen and oxygen atoms in total. The van der Waals surface area contributed by atoms with Gasteiger partial charge in [0.25, 0.3) is 0 Å². The van der Waals surface area contributed by atoms with Gasteiger partial charge in [-0.25, -0.2) is 17.2 Å². The summed E-state index contributed by atoms with van der Waals surface area (Å²) in [5.74, 6) is -2.43. The monoisotopic (exact) mass is 484 g/mol. The van der Waals surface area contributed by atoms with Gasteiger partial charge in [-0.2, -0.15) is 4.31 Å². The first-order valence-electron chi connectivity index (χ1n) is 8.90. The Morgan fingerprint density at radius 3 is 2.10 bits per heavy atom. The van der Waals surface area contributed by atoms with Crippen molar-refractivity contribution in [3.63, 3.8) is 0 Å². The average molecular weight is 485 g/mol. The van der Waals surface area contributed by atoms with Crippen LogP contribution < -0.4 is 5.32 Å². The number of carbonyl (C=O) groups excluding carboxylic acids is 1. The number of hydrogen-bond acceptors (Lipinski definition) is 3. The van der Waals surface area contributed by atoms with E-state index in [9.17, 15) is 22.0 Å². The predicted molar refractivity (Wildman–Crippen MR) is 115 cm³/mol. The number of benzene rings is 3. The maximum Gasteiger partial charge on any atom is 0.243 e. The van der Waals surface area contributed by atoms with E-state index < -0.39 is 34.1 Å². The van der Waals surface area contributed by atoms with E-state index in [4.69, 9.17) is 23.2 Å². The van der Waals surface area contributed by atoms with Crippen LogP contribution in [0.15, 0.2) is 71.6 Å². The van der Waals surface area contributed by atoms with Crippen LogP contribution in [0.2, 0.25) is 10.0 Å². The molecule has 10 heteroatoms. The van der Waals surface area contributed by atoms with Gasteiger partial charge in [-0.1, -0.05) is 35.3 Å². The standard InChI is InChI=1S/C21H16Cl2F2N2O3S/c22-15-3-1-14(2-4-15)12-27(31(29,30)18-8-5-16(23)6-9-18)13-21(28)26-20-11-17(24)7-10-19(20)25/h1-11H,12-13H2,(H,26,28). The van der Waals surface area contributed by atoms with Crippen LogP contribution in [-0.4, -0.2) is 25.2 Å². The minimum Gasteiger partial charge on any atom is -0.322 e. The first-order chi connectivity index (χ1) is 14.6. The lowest BCUT2D eigenvalue weighted by Crippen LogP contribution is -2.37. The molecule has 0 aliphatic carbocycles. The Hall–Kier alpha value is -2.52. The minimum absolute atomic E-state index is 0.0735. The molecule has 31 heavy (non-hydrogen) atoms. The number of halogens is 4. The van der Waals surface area contributed by atoms with Crippen LogP contribution in [0.4, 0.5) is 14.5 Å². The van der Waals surface area contributed by atoms with E-state index in [0.717, 1.165) is 22.5 Å². The summed E-state index contributed by atoms with van der Waals surface area (Å²) in [6.07, 6.45) is 0. The van der Waals surface area contributed by atoms with E-state index in [1.54, 1.807) is 24.3 Å². The molecule has 0 radical (unpaired) electrons. The molecular weight excluding hydrogens is 469 g/mol. The quantitative estimate of drug-likeness (QED) is 0.507. The number of nitrogens with zero attached hydrogens (tertiary/aromatic N) is 1. The molecule has 0 saturated heterocycles. The average Bonchev–Trinajstić information content (AvgIpc) is 2.72. The van der Waals surface area contributed by atoms with Crippen molar-refractivity contribution in [2.45, 2.75) is 11.4 Å². The van der Waals surface area contributed by atoms with Gasteiger partial charge in [-0.15, -0.1) is 0 Å². The molecule has 0 bridgehead atoms. The highest BCUT2D eigenvalue weighted by molar-refractivity contribution is 7.89. The molecule has 0 spiro atoms. The maximum atomic E-state index is 13.9. The van der Waals surface area contributed by atoms with E-state index >= 15 is 0 Å². The normalized spacial score (nSPS) is 11.5. The lowest BCUT2D eigenvalue weighted by Gasteiger charge is -2.22. The number of hydrogen-bond donors (Lipinski definition) is 1. The summed E-state index contributed by atoms with van der Waals surface area (Å²) in [6.45, 7) is -0.787. The highest BCUT2D eigenvalue weighted by Gasteiger charge is 2.27. The molecule has 1 N–H and O–H groups in total. The molecule has 0 heterocycles. The zero-order chi connectivity index (χ0) is 22.6. The van der Waals surface area contributed by atoms with E-state index in [2.05, 4.69) is 5.32 Å². The first kappa shape index (κ1) is 23.1. The summed E-state index contributed by atoms with van der Waals surface area (Å²) >= 11 is 11.7. The van der Waals surface area contributed by atoms with Crippen LogP contribution in [0, 0.1) is 11.6 Å². The lowest BCUT2D eigenvalue weighted by molar-refractivity contribution is -0.116. The van der Waals surface area contributed by atoms with Crippen molar-refractivity contribution in [1.29, 1.82) is 0 Å². The number of amides is 1. The van der Waals surface area contributed by atoms with Gasteiger partial charge < -0.3 is 5.32 Å². The fraction of sp³-hybridized carbons (Fsp3) is 0.0952. The zero-order valence-electron chi connectivity index (χ0n) is 15.9. The molecule has 0 aliphatic heterocycles. The summed E-state index contributed by atoms with van der Waals surface area (Å²) in [5.41, 5.74) is 0.187. The number of rotatable bonds is 7. The Kier molecular flexibility index (Phi) is 7.27. The number of nitrogens with one attached hydrogen (secondary N) is 1. The second kappa shape index (κ2) is 9.74. The molecule has 162 valence electrons. The van der Waals surface area contributed by atoms with Crippen molar-refractivity contribution in [1.82, 2.24) is 4.31 Å². The van der Waals surface area contributed by atoms with Crippen LogP contribution in [0.5, 0.6) is 0 Å². The molecule has 0 saturated carbocycles. The van der Waals surface area contributed by atoms with Crippen molar-refractivity contribution >= 4 is 44.8 Å². The first-order valence-corrected chi connectivity index (χ1v) is 11.1. The third-order valence-electron chi connectivity index (χ3n) is 4.25. The van der Waals surface area contributed by atoms with E-state index in [0.29, 0.717) is 15.6 Å². The summed E-state index contributed by atoms with van der Waals surface area (Å²) in [4.78, 5) is 12.4.